The van der Waals surface area contributed by atoms with Gasteiger partial charge in [-0.3, -0.25) is 0 Å². The van der Waals surface area contributed by atoms with E-state index in [1.165, 1.54) is 6.26 Å². The van der Waals surface area contributed by atoms with Crippen LogP contribution in [0.5, 0.6) is 0 Å². The van der Waals surface area contributed by atoms with Crippen LogP contribution >= 0.6 is 0 Å². The largest absolute Gasteiger partial charge is 0.399 e. The van der Waals surface area contributed by atoms with E-state index >= 15 is 0 Å². The van der Waals surface area contributed by atoms with Gasteiger partial charge in [-0.1, -0.05) is 6.07 Å². The van der Waals surface area contributed by atoms with Gasteiger partial charge in [0.25, 0.3) is 0 Å². The quantitative estimate of drug-likeness (QED) is 0.712. The number of anilines is 1. The maximum atomic E-state index is 11.8. The van der Waals surface area contributed by atoms with Crippen molar-refractivity contribution in [3.05, 3.63) is 42.0 Å². The summed E-state index contributed by atoms with van der Waals surface area (Å²) in [4.78, 5) is 7.83. The molecular weight excluding hydrogens is 286 g/mol. The van der Waals surface area contributed by atoms with Crippen molar-refractivity contribution in [1.82, 2.24) is 9.97 Å². The van der Waals surface area contributed by atoms with Gasteiger partial charge in [-0.2, -0.15) is 0 Å². The van der Waals surface area contributed by atoms with Gasteiger partial charge >= 0.3 is 0 Å². The Hall–Kier alpha value is -2.34. The van der Waals surface area contributed by atoms with Gasteiger partial charge in [-0.05, 0) is 42.8 Å². The van der Waals surface area contributed by atoms with E-state index in [0.717, 1.165) is 11.1 Å². The highest BCUT2D eigenvalue weighted by molar-refractivity contribution is 7.91. The minimum absolute atomic E-state index is 0.231. The van der Waals surface area contributed by atoms with Gasteiger partial charge in [0, 0.05) is 17.5 Å². The number of rotatable bonds is 2. The maximum absolute atomic E-state index is 11.8. The number of nitrogens with zero attached hydrogens (tertiary/aromatic N) is 1. The summed E-state index contributed by atoms with van der Waals surface area (Å²) in [5.41, 5.74) is 9.51. The second-order valence-corrected chi connectivity index (χ2v) is 7.07. The summed E-state index contributed by atoms with van der Waals surface area (Å²) < 4.78 is 23.6. The number of nitrogens with one attached hydrogen (secondary N) is 1. The smallest absolute Gasteiger partial charge is 0.177 e. The summed E-state index contributed by atoms with van der Waals surface area (Å²) in [6, 6.07) is 10.7. The summed E-state index contributed by atoms with van der Waals surface area (Å²) in [6.07, 6.45) is 1.18. The normalized spacial score (nSPS) is 11.9. The number of aromatic nitrogens is 2. The molecule has 3 N–H and O–H groups in total. The van der Waals surface area contributed by atoms with Crippen molar-refractivity contribution in [2.45, 2.75) is 11.8 Å². The SMILES string of the molecule is Cc1cc(-c2nc3c(S(C)(=O)=O)cccc3[nH]2)ccc1N. The molecule has 0 fully saturated rings. The van der Waals surface area contributed by atoms with Crippen LogP contribution in [0.1, 0.15) is 5.56 Å². The highest BCUT2D eigenvalue weighted by atomic mass is 32.2. The summed E-state index contributed by atoms with van der Waals surface area (Å²) in [5, 5.41) is 0. The average Bonchev–Trinajstić information content (AvgIpc) is 2.84. The third-order valence-electron chi connectivity index (χ3n) is 3.42. The molecule has 1 heterocycles. The van der Waals surface area contributed by atoms with Crippen LogP contribution < -0.4 is 5.73 Å². The molecule has 5 nitrogen and oxygen atoms in total. The average molecular weight is 301 g/mol. The molecule has 1 aromatic heterocycles. The molecule has 2 aromatic carbocycles. The van der Waals surface area contributed by atoms with Crippen LogP contribution in [0.3, 0.4) is 0 Å². The van der Waals surface area contributed by atoms with Crippen molar-refractivity contribution < 1.29 is 8.42 Å². The van der Waals surface area contributed by atoms with Crippen LogP contribution in [0.25, 0.3) is 22.4 Å². The first-order chi connectivity index (χ1) is 9.86. The van der Waals surface area contributed by atoms with Gasteiger partial charge < -0.3 is 10.7 Å². The predicted molar refractivity (Wildman–Crippen MR) is 83.8 cm³/mol. The number of benzene rings is 2. The van der Waals surface area contributed by atoms with Crippen molar-refractivity contribution in [1.29, 1.82) is 0 Å². The Morgan fingerprint density at radius 1 is 1.19 bits per heavy atom. The van der Waals surface area contributed by atoms with Crippen molar-refractivity contribution in [2.24, 2.45) is 0 Å². The molecule has 0 aliphatic carbocycles. The molecular formula is C15H15N3O2S. The third kappa shape index (κ3) is 2.38. The first-order valence-corrected chi connectivity index (χ1v) is 8.31. The molecule has 6 heteroatoms. The fraction of sp³-hybridized carbons (Fsp3) is 0.133. The molecule has 0 atom stereocenters. The van der Waals surface area contributed by atoms with Crippen molar-refractivity contribution in [3.63, 3.8) is 0 Å². The number of nitrogens with two attached hydrogens (primary N) is 1. The molecule has 0 unspecified atom stereocenters. The highest BCUT2D eigenvalue weighted by Crippen LogP contribution is 2.26. The highest BCUT2D eigenvalue weighted by Gasteiger charge is 2.15. The summed E-state index contributed by atoms with van der Waals surface area (Å²) >= 11 is 0. The zero-order valence-electron chi connectivity index (χ0n) is 11.7. The molecule has 0 bridgehead atoms. The number of fused-ring (bicyclic) bond motifs is 1. The van der Waals surface area contributed by atoms with E-state index in [9.17, 15) is 8.42 Å². The Bertz CT molecular complexity index is 943. The lowest BCUT2D eigenvalue weighted by atomic mass is 10.1. The Morgan fingerprint density at radius 3 is 2.62 bits per heavy atom. The summed E-state index contributed by atoms with van der Waals surface area (Å²) in [7, 11) is -3.32. The molecule has 0 spiro atoms. The number of aromatic amines is 1. The van der Waals surface area contributed by atoms with Gasteiger partial charge in [0.2, 0.25) is 0 Å². The number of para-hydroxylation sites is 1. The number of sulfone groups is 1. The van der Waals surface area contributed by atoms with Gasteiger partial charge in [-0.15, -0.1) is 0 Å². The predicted octanol–water partition coefficient (Wildman–Crippen LogP) is 2.52. The Balaban J connectivity index is 2.24. The monoisotopic (exact) mass is 301 g/mol. The van der Waals surface area contributed by atoms with E-state index in [0.29, 0.717) is 22.5 Å². The van der Waals surface area contributed by atoms with Crippen LogP contribution in [-0.2, 0) is 9.84 Å². The second-order valence-electron chi connectivity index (χ2n) is 5.08. The molecule has 0 saturated carbocycles. The lowest BCUT2D eigenvalue weighted by Crippen LogP contribution is -1.97. The standard InChI is InChI=1S/C15H15N3O2S/c1-9-8-10(6-7-11(9)16)15-17-12-4-3-5-13(14(12)18-15)21(2,19)20/h3-8H,16H2,1-2H3,(H,17,18). The molecule has 0 radical (unpaired) electrons. The first kappa shape index (κ1) is 13.6. The van der Waals surface area contributed by atoms with E-state index in [4.69, 9.17) is 5.73 Å². The minimum atomic E-state index is -3.32. The minimum Gasteiger partial charge on any atom is -0.399 e. The lowest BCUT2D eigenvalue weighted by Gasteiger charge is -2.02. The van der Waals surface area contributed by atoms with Crippen LogP contribution in [0.4, 0.5) is 5.69 Å². The number of aryl methyl sites for hydroxylation is 1. The Kier molecular flexibility index (Phi) is 2.98. The van der Waals surface area contributed by atoms with Crippen molar-refractivity contribution in [3.8, 4) is 11.4 Å². The zero-order chi connectivity index (χ0) is 15.2. The number of nitrogen functional groups attached to an aromatic ring is 1. The van der Waals surface area contributed by atoms with Gasteiger partial charge in [0.05, 0.1) is 10.4 Å². The zero-order valence-corrected chi connectivity index (χ0v) is 12.5. The molecule has 0 amide bonds. The van der Waals surface area contributed by atoms with Crippen molar-refractivity contribution >= 4 is 26.6 Å². The van der Waals surface area contributed by atoms with Crippen LogP contribution in [0.2, 0.25) is 0 Å². The maximum Gasteiger partial charge on any atom is 0.177 e. The summed E-state index contributed by atoms with van der Waals surface area (Å²) in [6.45, 7) is 1.92. The van der Waals surface area contributed by atoms with Gasteiger partial charge in [-0.25, -0.2) is 13.4 Å². The van der Waals surface area contributed by atoms with Crippen LogP contribution in [0, 0.1) is 6.92 Å². The summed E-state index contributed by atoms with van der Waals surface area (Å²) in [5.74, 6) is 0.629. The van der Waals surface area contributed by atoms with E-state index in [2.05, 4.69) is 9.97 Å². The number of hydrogen-bond acceptors (Lipinski definition) is 4. The fourth-order valence-corrected chi connectivity index (χ4v) is 3.10. The van der Waals surface area contributed by atoms with Crippen LogP contribution in [0.15, 0.2) is 41.3 Å². The Labute approximate surface area is 122 Å². The molecule has 0 aliphatic rings. The van der Waals surface area contributed by atoms with Crippen LogP contribution in [-0.4, -0.2) is 24.6 Å². The molecule has 3 aromatic rings. The Morgan fingerprint density at radius 2 is 1.95 bits per heavy atom. The number of imidazole rings is 1. The van der Waals surface area contributed by atoms with E-state index in [1.54, 1.807) is 12.1 Å². The van der Waals surface area contributed by atoms with E-state index < -0.39 is 9.84 Å². The van der Waals surface area contributed by atoms with Gasteiger partial charge in [0.1, 0.15) is 11.3 Å². The number of H-pyrrole nitrogens is 1. The first-order valence-electron chi connectivity index (χ1n) is 6.41. The number of hydrogen-bond donors (Lipinski definition) is 2. The molecule has 0 aliphatic heterocycles. The third-order valence-corrected chi connectivity index (χ3v) is 4.55. The van der Waals surface area contributed by atoms with E-state index in [-0.39, 0.29) is 4.90 Å². The molecule has 21 heavy (non-hydrogen) atoms. The lowest BCUT2D eigenvalue weighted by molar-refractivity contribution is 0.602. The van der Waals surface area contributed by atoms with Crippen molar-refractivity contribution in [2.75, 3.05) is 12.0 Å². The fourth-order valence-electron chi connectivity index (χ4n) is 2.26. The molecule has 3 rings (SSSR count). The molecule has 0 saturated heterocycles. The second kappa shape index (κ2) is 4.60. The topological polar surface area (TPSA) is 88.8 Å². The molecule has 108 valence electrons. The van der Waals surface area contributed by atoms with E-state index in [1.807, 2.05) is 31.2 Å². The van der Waals surface area contributed by atoms with Gasteiger partial charge in [0.15, 0.2) is 9.84 Å².